The number of carbonyl (C=O) groups excluding carboxylic acids is 1. The lowest BCUT2D eigenvalue weighted by atomic mass is 9.93. The molecule has 0 aliphatic rings. The van der Waals surface area contributed by atoms with E-state index in [0.29, 0.717) is 24.0 Å². The Hall–Kier alpha value is -4.05. The smallest absolute Gasteiger partial charge is 0.305 e. The van der Waals surface area contributed by atoms with Crippen LogP contribution in [-0.2, 0) is 11.2 Å². The van der Waals surface area contributed by atoms with Gasteiger partial charge in [-0.25, -0.2) is 4.98 Å². The van der Waals surface area contributed by atoms with E-state index in [1.807, 2.05) is 49.4 Å². The molecule has 1 amide bonds. The van der Waals surface area contributed by atoms with Crippen molar-refractivity contribution < 1.29 is 9.72 Å². The van der Waals surface area contributed by atoms with E-state index >= 15 is 0 Å². The maximum Gasteiger partial charge on any atom is 0.314 e. The first kappa shape index (κ1) is 21.7. The molecule has 0 bridgehead atoms. The van der Waals surface area contributed by atoms with Crippen molar-refractivity contribution >= 4 is 17.4 Å². The Labute approximate surface area is 180 Å². The molecule has 0 aliphatic heterocycles. The third kappa shape index (κ3) is 4.93. The van der Waals surface area contributed by atoms with Crippen LogP contribution >= 0.6 is 0 Å². The molecule has 7 heteroatoms. The van der Waals surface area contributed by atoms with Gasteiger partial charge in [0.2, 0.25) is 11.7 Å². The van der Waals surface area contributed by atoms with Crippen LogP contribution in [0.15, 0.2) is 60.8 Å². The molecular weight excluding hydrogens is 392 g/mol. The first-order valence-corrected chi connectivity index (χ1v) is 9.93. The molecule has 0 saturated carbocycles. The van der Waals surface area contributed by atoms with E-state index in [2.05, 4.69) is 16.4 Å². The fourth-order valence-electron chi connectivity index (χ4n) is 3.45. The standard InChI is InChI=1S/C24H22N4O3/c1-3-18(24(29)27-23-22(28(30)31)16(2)12-13-26-23)14-17-8-10-19(11-9-17)21-7-5-4-6-20(21)15-25/h4-13,18H,3,14H2,1-2H3,(H,26,27,29). The highest BCUT2D eigenvalue weighted by molar-refractivity contribution is 5.94. The minimum atomic E-state index is -0.531. The van der Waals surface area contributed by atoms with Gasteiger partial charge in [-0.05, 0) is 48.6 Å². The number of nitriles is 1. The normalized spacial score (nSPS) is 11.4. The van der Waals surface area contributed by atoms with Crippen LogP contribution in [0.5, 0.6) is 0 Å². The predicted octanol–water partition coefficient (Wildman–Crippen LogP) is 5.04. The summed E-state index contributed by atoms with van der Waals surface area (Å²) >= 11 is 0. The summed E-state index contributed by atoms with van der Waals surface area (Å²) in [5.74, 6) is -0.696. The summed E-state index contributed by atoms with van der Waals surface area (Å²) in [5.41, 5.74) is 3.61. The first-order valence-electron chi connectivity index (χ1n) is 9.93. The second-order valence-electron chi connectivity index (χ2n) is 7.24. The number of carbonyl (C=O) groups is 1. The second kappa shape index (κ2) is 9.63. The van der Waals surface area contributed by atoms with Crippen LogP contribution in [-0.4, -0.2) is 15.8 Å². The van der Waals surface area contributed by atoms with E-state index in [1.54, 1.807) is 13.0 Å². The van der Waals surface area contributed by atoms with Gasteiger partial charge in [-0.3, -0.25) is 14.9 Å². The van der Waals surface area contributed by atoms with E-state index in [9.17, 15) is 20.2 Å². The third-order valence-electron chi connectivity index (χ3n) is 5.21. The molecule has 156 valence electrons. The number of amides is 1. The SMILES string of the molecule is CCC(Cc1ccc(-c2ccccc2C#N)cc1)C(=O)Nc1nccc(C)c1[N+](=O)[O-]. The van der Waals surface area contributed by atoms with Crippen molar-refractivity contribution in [2.75, 3.05) is 5.32 Å². The second-order valence-corrected chi connectivity index (χ2v) is 7.24. The number of benzene rings is 2. The van der Waals surface area contributed by atoms with Crippen molar-refractivity contribution in [1.29, 1.82) is 5.26 Å². The molecule has 0 saturated heterocycles. The molecule has 1 N–H and O–H groups in total. The largest absolute Gasteiger partial charge is 0.314 e. The van der Waals surface area contributed by atoms with Gasteiger partial charge in [0.15, 0.2) is 0 Å². The van der Waals surface area contributed by atoms with E-state index < -0.39 is 4.92 Å². The van der Waals surface area contributed by atoms with Crippen molar-refractivity contribution in [3.8, 4) is 17.2 Å². The number of pyridine rings is 1. The number of rotatable bonds is 7. The Balaban J connectivity index is 1.76. The van der Waals surface area contributed by atoms with E-state index in [0.717, 1.165) is 16.7 Å². The number of nitrogens with zero attached hydrogens (tertiary/aromatic N) is 3. The van der Waals surface area contributed by atoms with Crippen molar-refractivity contribution in [1.82, 2.24) is 4.98 Å². The number of hydrogen-bond donors (Lipinski definition) is 1. The minimum Gasteiger partial charge on any atom is -0.305 e. The Morgan fingerprint density at radius 3 is 2.55 bits per heavy atom. The van der Waals surface area contributed by atoms with Crippen LogP contribution in [0.3, 0.4) is 0 Å². The predicted molar refractivity (Wildman–Crippen MR) is 118 cm³/mol. The fourth-order valence-corrected chi connectivity index (χ4v) is 3.45. The summed E-state index contributed by atoms with van der Waals surface area (Å²) < 4.78 is 0. The highest BCUT2D eigenvalue weighted by Gasteiger charge is 2.24. The van der Waals surface area contributed by atoms with Gasteiger partial charge in [0, 0.05) is 17.7 Å². The maximum absolute atomic E-state index is 12.8. The Morgan fingerprint density at radius 1 is 1.19 bits per heavy atom. The molecule has 2 aromatic carbocycles. The third-order valence-corrected chi connectivity index (χ3v) is 5.21. The molecule has 1 atom stereocenters. The number of hydrogen-bond acceptors (Lipinski definition) is 5. The van der Waals surface area contributed by atoms with Crippen molar-refractivity contribution in [2.45, 2.75) is 26.7 Å². The summed E-state index contributed by atoms with van der Waals surface area (Å²) in [7, 11) is 0. The molecular formula is C24H22N4O3. The summed E-state index contributed by atoms with van der Waals surface area (Å²) in [5, 5.41) is 23.3. The molecule has 1 aromatic heterocycles. The van der Waals surface area contributed by atoms with Crippen LogP contribution in [0.25, 0.3) is 11.1 Å². The number of anilines is 1. The summed E-state index contributed by atoms with van der Waals surface area (Å²) in [6.45, 7) is 3.51. The molecule has 0 spiro atoms. The highest BCUT2D eigenvalue weighted by atomic mass is 16.6. The Kier molecular flexibility index (Phi) is 6.73. The summed E-state index contributed by atoms with van der Waals surface area (Å²) in [6.07, 6.45) is 2.50. The van der Waals surface area contributed by atoms with Gasteiger partial charge in [-0.1, -0.05) is 49.4 Å². The minimum absolute atomic E-state index is 0.0306. The summed E-state index contributed by atoms with van der Waals surface area (Å²) in [4.78, 5) is 27.6. The molecule has 7 nitrogen and oxygen atoms in total. The van der Waals surface area contributed by atoms with Crippen LogP contribution in [0.2, 0.25) is 0 Å². The fraction of sp³-hybridized carbons (Fsp3) is 0.208. The van der Waals surface area contributed by atoms with Gasteiger partial charge in [0.1, 0.15) is 0 Å². The molecule has 3 rings (SSSR count). The quantitative estimate of drug-likeness (QED) is 0.430. The van der Waals surface area contributed by atoms with E-state index in [4.69, 9.17) is 0 Å². The number of aryl methyl sites for hydroxylation is 1. The molecule has 0 fully saturated rings. The van der Waals surface area contributed by atoms with Crippen LogP contribution in [0.4, 0.5) is 11.5 Å². The lowest BCUT2D eigenvalue weighted by molar-refractivity contribution is -0.384. The van der Waals surface area contributed by atoms with Crippen LogP contribution in [0.1, 0.15) is 30.0 Å². The first-order chi connectivity index (χ1) is 14.9. The topological polar surface area (TPSA) is 109 Å². The number of aromatic nitrogens is 1. The molecule has 3 aromatic rings. The average molecular weight is 414 g/mol. The lowest BCUT2D eigenvalue weighted by Gasteiger charge is -2.15. The zero-order valence-electron chi connectivity index (χ0n) is 17.3. The number of nitrogens with one attached hydrogen (secondary N) is 1. The lowest BCUT2D eigenvalue weighted by Crippen LogP contribution is -2.25. The monoisotopic (exact) mass is 414 g/mol. The zero-order valence-corrected chi connectivity index (χ0v) is 17.3. The van der Waals surface area contributed by atoms with Gasteiger partial charge < -0.3 is 5.32 Å². The molecule has 0 aliphatic carbocycles. The van der Waals surface area contributed by atoms with Crippen molar-refractivity contribution in [3.05, 3.63) is 87.6 Å². The zero-order chi connectivity index (χ0) is 22.4. The summed E-state index contributed by atoms with van der Waals surface area (Å²) in [6, 6.07) is 18.9. The highest BCUT2D eigenvalue weighted by Crippen LogP contribution is 2.27. The maximum atomic E-state index is 12.8. The van der Waals surface area contributed by atoms with Gasteiger partial charge >= 0.3 is 5.69 Å². The van der Waals surface area contributed by atoms with E-state index in [-0.39, 0.29) is 23.3 Å². The Morgan fingerprint density at radius 2 is 1.90 bits per heavy atom. The van der Waals surface area contributed by atoms with Gasteiger partial charge in [0.25, 0.3) is 0 Å². The van der Waals surface area contributed by atoms with E-state index in [1.165, 1.54) is 12.3 Å². The van der Waals surface area contributed by atoms with Crippen LogP contribution in [0, 0.1) is 34.3 Å². The Bertz CT molecular complexity index is 1150. The molecule has 1 heterocycles. The van der Waals surface area contributed by atoms with Crippen molar-refractivity contribution in [2.24, 2.45) is 5.92 Å². The molecule has 0 radical (unpaired) electrons. The van der Waals surface area contributed by atoms with Crippen molar-refractivity contribution in [3.63, 3.8) is 0 Å². The molecule has 31 heavy (non-hydrogen) atoms. The average Bonchev–Trinajstić information content (AvgIpc) is 2.77. The van der Waals surface area contributed by atoms with Gasteiger partial charge in [-0.15, -0.1) is 0 Å². The van der Waals surface area contributed by atoms with Crippen LogP contribution < -0.4 is 5.32 Å². The number of nitro groups is 1. The van der Waals surface area contributed by atoms with Gasteiger partial charge in [-0.2, -0.15) is 5.26 Å². The van der Waals surface area contributed by atoms with Gasteiger partial charge in [0.05, 0.1) is 16.6 Å². The molecule has 1 unspecified atom stereocenters.